The Morgan fingerprint density at radius 2 is 2.13 bits per heavy atom. The lowest BCUT2D eigenvalue weighted by Gasteiger charge is -2.06. The van der Waals surface area contributed by atoms with Gasteiger partial charge in [0, 0.05) is 5.56 Å². The van der Waals surface area contributed by atoms with E-state index in [1.807, 2.05) is 18.2 Å². The average molecular weight is 238 g/mol. The van der Waals surface area contributed by atoms with E-state index < -0.39 is 4.99 Å². The maximum atomic E-state index is 6.01. The van der Waals surface area contributed by atoms with Crippen molar-refractivity contribution in [2.75, 3.05) is 0 Å². The van der Waals surface area contributed by atoms with Crippen molar-refractivity contribution in [1.29, 1.82) is 0 Å². The van der Waals surface area contributed by atoms with Crippen LogP contribution in [0.15, 0.2) is 52.1 Å². The third-order valence-electron chi connectivity index (χ3n) is 1.95. The Labute approximate surface area is 98.0 Å². The summed E-state index contributed by atoms with van der Waals surface area (Å²) in [5.74, 6) is 0.482. The van der Waals surface area contributed by atoms with Crippen molar-refractivity contribution in [3.63, 3.8) is 0 Å². The Morgan fingerprint density at radius 1 is 1.40 bits per heavy atom. The van der Waals surface area contributed by atoms with Crippen molar-refractivity contribution >= 4 is 30.1 Å². The van der Waals surface area contributed by atoms with Gasteiger partial charge in [-0.3, -0.25) is 0 Å². The molecule has 1 aliphatic rings. The molecule has 2 rings (SSSR count). The maximum absolute atomic E-state index is 6.01. The number of azo groups is 1. The molecular weight excluding hydrogens is 230 g/mol. The van der Waals surface area contributed by atoms with Crippen LogP contribution in [-0.4, -0.2) is 10.8 Å². The number of aliphatic imine (C=N–C) groups is 1. The van der Waals surface area contributed by atoms with Gasteiger partial charge in [0.1, 0.15) is 0 Å². The Hall–Kier alpha value is -1.13. The monoisotopic (exact) mass is 237 g/mol. The molecule has 0 spiro atoms. The molecule has 0 saturated heterocycles. The molecule has 0 saturated carbocycles. The number of hydrogen-bond donors (Lipinski definition) is 1. The predicted octanol–water partition coefficient (Wildman–Crippen LogP) is 3.32. The van der Waals surface area contributed by atoms with Gasteiger partial charge >= 0.3 is 0 Å². The lowest BCUT2D eigenvalue weighted by molar-refractivity contribution is 0.807. The molecule has 0 bridgehead atoms. The second-order valence-corrected chi connectivity index (χ2v) is 4.07. The molecule has 0 aliphatic carbocycles. The van der Waals surface area contributed by atoms with Crippen molar-refractivity contribution in [2.24, 2.45) is 15.2 Å². The maximum Gasteiger partial charge on any atom is 0.235 e. The third kappa shape index (κ3) is 1.96. The minimum Gasteiger partial charge on any atom is -0.218 e. The van der Waals surface area contributed by atoms with Gasteiger partial charge in [-0.25, -0.2) is 4.99 Å². The van der Waals surface area contributed by atoms with E-state index in [1.54, 1.807) is 6.07 Å². The Morgan fingerprint density at radius 3 is 2.73 bits per heavy atom. The normalized spacial score (nSPS) is 24.0. The Kier molecular flexibility index (Phi) is 2.63. The van der Waals surface area contributed by atoms with Crippen LogP contribution >= 0.6 is 24.2 Å². The highest BCUT2D eigenvalue weighted by molar-refractivity contribution is 7.82. The molecule has 5 heteroatoms. The van der Waals surface area contributed by atoms with Gasteiger partial charge in [-0.1, -0.05) is 30.3 Å². The number of nitrogens with zero attached hydrogens (tertiary/aromatic N) is 3. The van der Waals surface area contributed by atoms with Crippen LogP contribution < -0.4 is 0 Å². The highest BCUT2D eigenvalue weighted by atomic mass is 35.5. The van der Waals surface area contributed by atoms with E-state index in [-0.39, 0.29) is 0 Å². The summed E-state index contributed by atoms with van der Waals surface area (Å²) < 4.78 is 0. The van der Waals surface area contributed by atoms with Crippen molar-refractivity contribution in [1.82, 2.24) is 0 Å². The first-order valence-electron chi connectivity index (χ1n) is 4.28. The number of hydrogen-bond acceptors (Lipinski definition) is 4. The summed E-state index contributed by atoms with van der Waals surface area (Å²) in [6.07, 6.45) is 1.52. The van der Waals surface area contributed by atoms with E-state index in [0.717, 1.165) is 5.56 Å². The first-order valence-corrected chi connectivity index (χ1v) is 5.11. The minimum absolute atomic E-state index is 0.482. The van der Waals surface area contributed by atoms with E-state index >= 15 is 0 Å². The molecule has 1 unspecified atom stereocenters. The van der Waals surface area contributed by atoms with Crippen LogP contribution in [0, 0.1) is 0 Å². The van der Waals surface area contributed by atoms with Crippen LogP contribution in [0.25, 0.3) is 0 Å². The summed E-state index contributed by atoms with van der Waals surface area (Å²) >= 11 is 10.2. The van der Waals surface area contributed by atoms with Crippen LogP contribution in [-0.2, 0) is 0 Å². The third-order valence-corrected chi connectivity index (χ3v) is 2.65. The van der Waals surface area contributed by atoms with Crippen LogP contribution in [0.1, 0.15) is 5.56 Å². The molecule has 1 aromatic carbocycles. The summed E-state index contributed by atoms with van der Waals surface area (Å²) in [4.78, 5) is 3.26. The van der Waals surface area contributed by atoms with Crippen LogP contribution in [0.5, 0.6) is 0 Å². The van der Waals surface area contributed by atoms with Gasteiger partial charge < -0.3 is 0 Å². The molecule has 1 atom stereocenters. The van der Waals surface area contributed by atoms with Gasteiger partial charge in [0.05, 0.1) is 5.02 Å². The molecule has 15 heavy (non-hydrogen) atoms. The van der Waals surface area contributed by atoms with E-state index in [9.17, 15) is 0 Å². The van der Waals surface area contributed by atoms with Gasteiger partial charge in [0.15, 0.2) is 5.84 Å². The Balaban J connectivity index is 2.44. The largest absolute Gasteiger partial charge is 0.235 e. The predicted molar refractivity (Wildman–Crippen MR) is 64.8 cm³/mol. The van der Waals surface area contributed by atoms with E-state index in [4.69, 9.17) is 11.6 Å². The molecule has 0 fully saturated rings. The van der Waals surface area contributed by atoms with E-state index in [1.165, 1.54) is 6.08 Å². The summed E-state index contributed by atoms with van der Waals surface area (Å²) in [5.41, 5.74) is 0.751. The molecule has 1 heterocycles. The topological polar surface area (TPSA) is 37.1 Å². The molecule has 0 aromatic heterocycles. The molecule has 0 amide bonds. The van der Waals surface area contributed by atoms with Gasteiger partial charge in [-0.05, 0) is 18.2 Å². The molecule has 3 nitrogen and oxygen atoms in total. The van der Waals surface area contributed by atoms with E-state index in [2.05, 4.69) is 34.4 Å². The summed E-state index contributed by atoms with van der Waals surface area (Å²) in [5, 5.41) is 8.42. The van der Waals surface area contributed by atoms with E-state index in [0.29, 0.717) is 10.9 Å². The summed E-state index contributed by atoms with van der Waals surface area (Å²) in [6.45, 7) is 3.59. The zero-order valence-electron chi connectivity index (χ0n) is 7.76. The van der Waals surface area contributed by atoms with Crippen molar-refractivity contribution < 1.29 is 0 Å². The van der Waals surface area contributed by atoms with Gasteiger partial charge in [0.25, 0.3) is 0 Å². The number of thiol groups is 1. The SMILES string of the molecule is C=CC1(S)N=NC(c2ccccc2Cl)=N1. The summed E-state index contributed by atoms with van der Waals surface area (Å²) in [7, 11) is 0. The van der Waals surface area contributed by atoms with Crippen molar-refractivity contribution in [2.45, 2.75) is 4.99 Å². The van der Waals surface area contributed by atoms with Gasteiger partial charge in [-0.15, -0.1) is 22.9 Å². The van der Waals surface area contributed by atoms with Crippen LogP contribution in [0.2, 0.25) is 5.02 Å². The van der Waals surface area contributed by atoms with Gasteiger partial charge in [-0.2, -0.15) is 0 Å². The fourth-order valence-corrected chi connectivity index (χ4v) is 1.52. The molecule has 1 aliphatic heterocycles. The molecular formula is C10H8ClN3S. The van der Waals surface area contributed by atoms with Crippen LogP contribution in [0.4, 0.5) is 0 Å². The van der Waals surface area contributed by atoms with Gasteiger partial charge in [0.2, 0.25) is 4.99 Å². The number of amidine groups is 1. The molecule has 0 N–H and O–H groups in total. The number of benzene rings is 1. The lowest BCUT2D eigenvalue weighted by atomic mass is 10.2. The zero-order valence-corrected chi connectivity index (χ0v) is 9.41. The minimum atomic E-state index is -0.950. The second kappa shape index (κ2) is 3.79. The quantitative estimate of drug-likeness (QED) is 0.605. The number of rotatable bonds is 2. The van der Waals surface area contributed by atoms with Crippen molar-refractivity contribution in [3.05, 3.63) is 47.5 Å². The van der Waals surface area contributed by atoms with Crippen LogP contribution in [0.3, 0.4) is 0 Å². The lowest BCUT2D eigenvalue weighted by Crippen LogP contribution is -2.07. The fraction of sp³-hybridized carbons (Fsp3) is 0.100. The average Bonchev–Trinajstić information content (AvgIpc) is 2.63. The highest BCUT2D eigenvalue weighted by Gasteiger charge is 2.26. The summed E-state index contributed by atoms with van der Waals surface area (Å²) in [6, 6.07) is 7.33. The highest BCUT2D eigenvalue weighted by Crippen LogP contribution is 2.29. The molecule has 76 valence electrons. The first kappa shape index (κ1) is 10.4. The second-order valence-electron chi connectivity index (χ2n) is 3.01. The first-order chi connectivity index (χ1) is 7.14. The standard InChI is InChI=1S/C10H8ClN3S/c1-2-10(15)12-9(13-14-10)7-5-3-4-6-8(7)11/h2-6,15H,1H2. The van der Waals surface area contributed by atoms with Crippen molar-refractivity contribution in [3.8, 4) is 0 Å². The zero-order chi connectivity index (χ0) is 10.9. The molecule has 1 aromatic rings. The smallest absolute Gasteiger partial charge is 0.218 e. The Bertz CT molecular complexity index is 469. The number of halogens is 1. The molecule has 0 radical (unpaired) electrons. The fourth-order valence-electron chi connectivity index (χ4n) is 1.16.